The van der Waals surface area contributed by atoms with Crippen LogP contribution in [0.1, 0.15) is 19.3 Å². The molecule has 1 N–H and O–H groups in total. The highest BCUT2D eigenvalue weighted by molar-refractivity contribution is 7.98. The predicted octanol–water partition coefficient (Wildman–Crippen LogP) is 3.70. The number of anilines is 1. The van der Waals surface area contributed by atoms with Crippen LogP contribution in [0, 0.1) is 5.92 Å². The smallest absolute Gasteiger partial charge is 0.224 e. The molecule has 3 heteroatoms. The zero-order valence-corrected chi connectivity index (χ0v) is 10.8. The van der Waals surface area contributed by atoms with Gasteiger partial charge in [0, 0.05) is 17.0 Å². The zero-order chi connectivity index (χ0) is 12.1. The van der Waals surface area contributed by atoms with Gasteiger partial charge in [0.05, 0.1) is 0 Å². The van der Waals surface area contributed by atoms with Gasteiger partial charge in [-0.05, 0) is 43.2 Å². The fourth-order valence-electron chi connectivity index (χ4n) is 2.02. The Balaban J connectivity index is 1.90. The van der Waals surface area contributed by atoms with Crippen LogP contribution < -0.4 is 5.32 Å². The van der Waals surface area contributed by atoms with Crippen LogP contribution in [0.5, 0.6) is 0 Å². The summed E-state index contributed by atoms with van der Waals surface area (Å²) in [6, 6.07) is 7.95. The van der Waals surface area contributed by atoms with Crippen molar-refractivity contribution in [1.29, 1.82) is 0 Å². The molecule has 0 fully saturated rings. The Labute approximate surface area is 106 Å². The van der Waals surface area contributed by atoms with E-state index >= 15 is 0 Å². The normalized spacial score (nSPS) is 18.3. The van der Waals surface area contributed by atoms with Crippen molar-refractivity contribution in [2.24, 2.45) is 5.92 Å². The molecule has 1 amide bonds. The number of benzene rings is 1. The molecule has 0 radical (unpaired) electrons. The second-order valence-corrected chi connectivity index (χ2v) is 5.13. The molecule has 0 aromatic heterocycles. The molecule has 17 heavy (non-hydrogen) atoms. The Hall–Kier alpha value is -1.22. The molecule has 2 nitrogen and oxygen atoms in total. The molecule has 1 atom stereocenters. The van der Waals surface area contributed by atoms with Gasteiger partial charge >= 0.3 is 0 Å². The first-order chi connectivity index (χ1) is 8.28. The van der Waals surface area contributed by atoms with E-state index in [0.717, 1.165) is 18.5 Å². The Morgan fingerprint density at radius 3 is 3.12 bits per heavy atom. The summed E-state index contributed by atoms with van der Waals surface area (Å²) in [5.74, 6) is 0.540. The molecule has 1 aliphatic carbocycles. The lowest BCUT2D eigenvalue weighted by Crippen LogP contribution is -2.14. The molecule has 0 saturated heterocycles. The van der Waals surface area contributed by atoms with Crippen LogP contribution in [0.25, 0.3) is 0 Å². The van der Waals surface area contributed by atoms with E-state index in [1.54, 1.807) is 11.8 Å². The van der Waals surface area contributed by atoms with Gasteiger partial charge in [-0.25, -0.2) is 0 Å². The Morgan fingerprint density at radius 1 is 1.53 bits per heavy atom. The summed E-state index contributed by atoms with van der Waals surface area (Å²) in [5, 5.41) is 2.96. The minimum Gasteiger partial charge on any atom is -0.326 e. The minimum atomic E-state index is 0.111. The van der Waals surface area contributed by atoms with E-state index in [4.69, 9.17) is 0 Å². The van der Waals surface area contributed by atoms with Crippen molar-refractivity contribution in [2.45, 2.75) is 24.2 Å². The van der Waals surface area contributed by atoms with Gasteiger partial charge in [-0.15, -0.1) is 11.8 Å². The molecule has 90 valence electrons. The summed E-state index contributed by atoms with van der Waals surface area (Å²) < 4.78 is 0. The van der Waals surface area contributed by atoms with Gasteiger partial charge in [0.25, 0.3) is 0 Å². The van der Waals surface area contributed by atoms with Crippen LogP contribution in [0.4, 0.5) is 5.69 Å². The van der Waals surface area contributed by atoms with Crippen LogP contribution in [-0.2, 0) is 4.79 Å². The van der Waals surface area contributed by atoms with Gasteiger partial charge in [0.1, 0.15) is 0 Å². The molecule has 1 unspecified atom stereocenters. The number of allylic oxidation sites excluding steroid dienone is 2. The third kappa shape index (κ3) is 3.63. The van der Waals surface area contributed by atoms with Gasteiger partial charge in [0.2, 0.25) is 5.91 Å². The maximum absolute atomic E-state index is 11.8. The van der Waals surface area contributed by atoms with Crippen LogP contribution in [0.15, 0.2) is 41.3 Å². The Morgan fingerprint density at radius 2 is 2.41 bits per heavy atom. The summed E-state index contributed by atoms with van der Waals surface area (Å²) >= 11 is 1.68. The summed E-state index contributed by atoms with van der Waals surface area (Å²) in [7, 11) is 0. The number of rotatable bonds is 4. The van der Waals surface area contributed by atoms with Crippen LogP contribution in [0.3, 0.4) is 0 Å². The number of nitrogens with one attached hydrogen (secondary N) is 1. The number of hydrogen-bond donors (Lipinski definition) is 1. The molecule has 0 bridgehead atoms. The zero-order valence-electron chi connectivity index (χ0n) is 9.98. The van der Waals surface area contributed by atoms with Crippen molar-refractivity contribution in [2.75, 3.05) is 11.6 Å². The maximum Gasteiger partial charge on any atom is 0.224 e. The number of amides is 1. The van der Waals surface area contributed by atoms with Gasteiger partial charge < -0.3 is 5.32 Å². The highest BCUT2D eigenvalue weighted by atomic mass is 32.2. The van der Waals surface area contributed by atoms with Crippen molar-refractivity contribution >= 4 is 23.4 Å². The molecule has 0 spiro atoms. The van der Waals surface area contributed by atoms with Gasteiger partial charge in [-0.1, -0.05) is 18.2 Å². The second-order valence-electron chi connectivity index (χ2n) is 4.25. The van der Waals surface area contributed by atoms with E-state index in [0.29, 0.717) is 12.3 Å². The van der Waals surface area contributed by atoms with E-state index in [1.807, 2.05) is 30.5 Å². The molecule has 1 aromatic rings. The second kappa shape index (κ2) is 5.92. The first kappa shape index (κ1) is 12.2. The summed E-state index contributed by atoms with van der Waals surface area (Å²) in [4.78, 5) is 13.0. The Bertz CT molecular complexity index is 428. The van der Waals surface area contributed by atoms with Crippen molar-refractivity contribution < 1.29 is 4.79 Å². The lowest BCUT2D eigenvalue weighted by molar-refractivity contribution is -0.116. The first-order valence-electron chi connectivity index (χ1n) is 5.88. The van der Waals surface area contributed by atoms with Crippen LogP contribution in [0.2, 0.25) is 0 Å². The molecule has 0 aliphatic heterocycles. The molecule has 0 saturated carbocycles. The highest BCUT2D eigenvalue weighted by Gasteiger charge is 2.13. The van der Waals surface area contributed by atoms with Gasteiger partial charge in [-0.3, -0.25) is 4.79 Å². The highest BCUT2D eigenvalue weighted by Crippen LogP contribution is 2.22. The number of carbonyl (C=O) groups excluding carboxylic acids is 1. The number of thioether (sulfide) groups is 1. The van der Waals surface area contributed by atoms with Crippen molar-refractivity contribution in [1.82, 2.24) is 0 Å². The summed E-state index contributed by atoms with van der Waals surface area (Å²) in [6.45, 7) is 0. The SMILES string of the molecule is CSc1cccc(NC(=O)CC2C=CCC2)c1. The molecule has 1 aliphatic rings. The topological polar surface area (TPSA) is 29.1 Å². The van der Waals surface area contributed by atoms with Crippen molar-refractivity contribution in [3.05, 3.63) is 36.4 Å². The Kier molecular flexibility index (Phi) is 4.26. The lowest BCUT2D eigenvalue weighted by Gasteiger charge is -2.09. The van der Waals surface area contributed by atoms with Crippen LogP contribution in [-0.4, -0.2) is 12.2 Å². The fraction of sp³-hybridized carbons (Fsp3) is 0.357. The van der Waals surface area contributed by atoms with E-state index in [-0.39, 0.29) is 5.91 Å². The maximum atomic E-state index is 11.8. The predicted molar refractivity (Wildman–Crippen MR) is 73.3 cm³/mol. The third-order valence-corrected chi connectivity index (χ3v) is 3.64. The quantitative estimate of drug-likeness (QED) is 0.649. The first-order valence-corrected chi connectivity index (χ1v) is 7.11. The standard InChI is InChI=1S/C14H17NOS/c1-17-13-8-4-7-12(10-13)15-14(16)9-11-5-2-3-6-11/h2,4-5,7-8,10-11H,3,6,9H2,1H3,(H,15,16). The molecule has 0 heterocycles. The fourth-order valence-corrected chi connectivity index (χ4v) is 2.48. The minimum absolute atomic E-state index is 0.111. The van der Waals surface area contributed by atoms with E-state index in [1.165, 1.54) is 4.90 Å². The largest absolute Gasteiger partial charge is 0.326 e. The lowest BCUT2D eigenvalue weighted by atomic mass is 10.1. The van der Waals surface area contributed by atoms with Crippen molar-refractivity contribution in [3.63, 3.8) is 0 Å². The average molecular weight is 247 g/mol. The van der Waals surface area contributed by atoms with Gasteiger partial charge in [0.15, 0.2) is 0 Å². The monoisotopic (exact) mass is 247 g/mol. The molecule has 1 aromatic carbocycles. The molecular weight excluding hydrogens is 230 g/mol. The third-order valence-electron chi connectivity index (χ3n) is 2.91. The van der Waals surface area contributed by atoms with Crippen molar-refractivity contribution in [3.8, 4) is 0 Å². The van der Waals surface area contributed by atoms with E-state index in [9.17, 15) is 4.79 Å². The average Bonchev–Trinajstić information content (AvgIpc) is 2.82. The number of hydrogen-bond acceptors (Lipinski definition) is 2. The summed E-state index contributed by atoms with van der Waals surface area (Å²) in [6.07, 6.45) is 9.16. The van der Waals surface area contributed by atoms with Gasteiger partial charge in [-0.2, -0.15) is 0 Å². The number of carbonyl (C=O) groups is 1. The molecule has 2 rings (SSSR count). The van der Waals surface area contributed by atoms with Crippen LogP contribution >= 0.6 is 11.8 Å². The van der Waals surface area contributed by atoms with E-state index in [2.05, 4.69) is 17.5 Å². The van der Waals surface area contributed by atoms with E-state index < -0.39 is 0 Å². The summed E-state index contributed by atoms with van der Waals surface area (Å²) in [5.41, 5.74) is 0.892. The molecular formula is C14H17NOS.